The van der Waals surface area contributed by atoms with E-state index in [2.05, 4.69) is 31.1 Å². The standard InChI is InChI=1S/C36H50N4O4/c1-3-5-7-12-29(32(41)13-8-6-4-2)33(42)16-14-25-15-17-34(43)35(20-25)44-24-40-22-30-28(21-39-31(30)23-40)19-26-10-9-11-27(18-26)36(37)38/h9-11,15,17-18,20-22,29,32,36,41,43H,3-8,12-14,16,19,23-24,37-38H2,1-2H3. The first-order chi connectivity index (χ1) is 21.3. The fourth-order valence-electron chi connectivity index (χ4n) is 5.96. The monoisotopic (exact) mass is 602 g/mol. The summed E-state index contributed by atoms with van der Waals surface area (Å²) in [6, 6.07) is 13.3. The number of hydrogen-bond donors (Lipinski definition) is 4. The highest BCUT2D eigenvalue weighted by Crippen LogP contribution is 2.31. The van der Waals surface area contributed by atoms with Crippen LogP contribution in [0.4, 0.5) is 0 Å². The first kappa shape index (κ1) is 33.4. The molecule has 0 radical (unpaired) electrons. The minimum atomic E-state index is -0.576. The van der Waals surface area contributed by atoms with E-state index in [-0.39, 0.29) is 24.2 Å². The molecule has 238 valence electrons. The van der Waals surface area contributed by atoms with Crippen LogP contribution in [0, 0.1) is 5.92 Å². The average Bonchev–Trinajstić information content (AvgIpc) is 3.59. The van der Waals surface area contributed by atoms with Crippen molar-refractivity contribution in [1.29, 1.82) is 0 Å². The Kier molecular flexibility index (Phi) is 12.6. The van der Waals surface area contributed by atoms with E-state index in [4.69, 9.17) is 16.2 Å². The Morgan fingerprint density at radius 2 is 1.80 bits per heavy atom. The van der Waals surface area contributed by atoms with Crippen LogP contribution >= 0.6 is 0 Å². The molecule has 0 spiro atoms. The Labute approximate surface area is 262 Å². The van der Waals surface area contributed by atoms with Gasteiger partial charge in [-0.15, -0.1) is 0 Å². The molecule has 0 saturated heterocycles. The molecule has 0 bridgehead atoms. The fraction of sp³-hybridized carbons (Fsp3) is 0.500. The third-order valence-corrected chi connectivity index (χ3v) is 8.60. The Morgan fingerprint density at radius 3 is 2.55 bits per heavy atom. The number of phenols is 1. The molecule has 2 aliphatic heterocycles. The van der Waals surface area contributed by atoms with Crippen LogP contribution in [0.5, 0.6) is 11.5 Å². The predicted octanol–water partition coefficient (Wildman–Crippen LogP) is 6.06. The van der Waals surface area contributed by atoms with Crippen molar-refractivity contribution in [3.8, 4) is 11.5 Å². The van der Waals surface area contributed by atoms with Gasteiger partial charge in [0.1, 0.15) is 5.78 Å². The van der Waals surface area contributed by atoms with Crippen molar-refractivity contribution < 1.29 is 19.7 Å². The molecule has 0 aliphatic carbocycles. The Hall–Kier alpha value is -3.46. The molecule has 0 aromatic heterocycles. The number of benzene rings is 2. The normalized spacial score (nSPS) is 15.6. The van der Waals surface area contributed by atoms with Crippen LogP contribution in [0.3, 0.4) is 0 Å². The molecule has 2 aromatic rings. The van der Waals surface area contributed by atoms with Gasteiger partial charge in [-0.05, 0) is 60.1 Å². The molecule has 0 saturated carbocycles. The van der Waals surface area contributed by atoms with E-state index < -0.39 is 12.3 Å². The lowest BCUT2D eigenvalue weighted by Crippen LogP contribution is -2.28. The number of allylic oxidation sites excluding steroid dienone is 1. The highest BCUT2D eigenvalue weighted by molar-refractivity contribution is 6.09. The van der Waals surface area contributed by atoms with Crippen LogP contribution in [0.1, 0.15) is 94.5 Å². The minimum Gasteiger partial charge on any atom is -0.504 e. The van der Waals surface area contributed by atoms with Gasteiger partial charge in [0.2, 0.25) is 0 Å². The first-order valence-electron chi connectivity index (χ1n) is 16.3. The van der Waals surface area contributed by atoms with E-state index in [9.17, 15) is 15.0 Å². The third-order valence-electron chi connectivity index (χ3n) is 8.60. The summed E-state index contributed by atoms with van der Waals surface area (Å²) >= 11 is 0. The van der Waals surface area contributed by atoms with Crippen molar-refractivity contribution in [2.24, 2.45) is 22.4 Å². The van der Waals surface area contributed by atoms with Gasteiger partial charge in [0.05, 0.1) is 24.5 Å². The number of fused-ring (bicyclic) bond motifs is 1. The van der Waals surface area contributed by atoms with E-state index >= 15 is 0 Å². The number of aliphatic hydroxyl groups is 1. The summed E-state index contributed by atoms with van der Waals surface area (Å²) in [6.07, 6.45) is 12.2. The zero-order valence-electron chi connectivity index (χ0n) is 26.4. The summed E-state index contributed by atoms with van der Waals surface area (Å²) in [5, 5.41) is 21.3. The average molecular weight is 603 g/mol. The number of aryl methyl sites for hydroxylation is 1. The summed E-state index contributed by atoms with van der Waals surface area (Å²) in [6.45, 7) is 5.17. The largest absolute Gasteiger partial charge is 0.504 e. The lowest BCUT2D eigenvalue weighted by molar-refractivity contribution is -0.126. The molecule has 2 aliphatic rings. The van der Waals surface area contributed by atoms with Crippen LogP contribution < -0.4 is 16.2 Å². The van der Waals surface area contributed by atoms with Gasteiger partial charge in [0.15, 0.2) is 18.2 Å². The van der Waals surface area contributed by atoms with Crippen molar-refractivity contribution in [2.75, 3.05) is 13.3 Å². The number of hydrogen-bond acceptors (Lipinski definition) is 8. The topological polar surface area (TPSA) is 134 Å². The zero-order valence-corrected chi connectivity index (χ0v) is 26.4. The number of ether oxygens (including phenoxy) is 1. The number of aliphatic imine (C=N–C) groups is 1. The van der Waals surface area contributed by atoms with E-state index in [0.717, 1.165) is 84.9 Å². The van der Waals surface area contributed by atoms with E-state index in [1.807, 2.05) is 41.4 Å². The maximum absolute atomic E-state index is 13.2. The summed E-state index contributed by atoms with van der Waals surface area (Å²) < 4.78 is 6.04. The second-order valence-corrected chi connectivity index (χ2v) is 12.2. The lowest BCUT2D eigenvalue weighted by atomic mass is 9.86. The molecule has 2 aromatic carbocycles. The molecule has 2 unspecified atom stereocenters. The highest BCUT2D eigenvalue weighted by atomic mass is 16.5. The molecule has 44 heavy (non-hydrogen) atoms. The van der Waals surface area contributed by atoms with Gasteiger partial charge in [-0.25, -0.2) is 0 Å². The van der Waals surface area contributed by atoms with Gasteiger partial charge in [-0.3, -0.25) is 9.79 Å². The van der Waals surface area contributed by atoms with Gasteiger partial charge in [0.25, 0.3) is 0 Å². The Bertz CT molecular complexity index is 1350. The van der Waals surface area contributed by atoms with Crippen LogP contribution in [0.2, 0.25) is 0 Å². The second kappa shape index (κ2) is 16.6. The molecule has 0 amide bonds. The number of nitrogens with zero attached hydrogens (tertiary/aromatic N) is 2. The van der Waals surface area contributed by atoms with Crippen molar-refractivity contribution in [3.63, 3.8) is 0 Å². The van der Waals surface area contributed by atoms with Crippen LogP contribution in [0.25, 0.3) is 0 Å². The van der Waals surface area contributed by atoms with Gasteiger partial charge < -0.3 is 31.3 Å². The number of aromatic hydroxyl groups is 1. The SMILES string of the molecule is CCCCCC(O)C(CCCCC)C(=O)CCc1ccc(O)c(OCN2C=C3C(Cc4cccc(C(N)N)c4)=CN=C3C2)c1. The van der Waals surface area contributed by atoms with Gasteiger partial charge in [-0.2, -0.15) is 0 Å². The summed E-state index contributed by atoms with van der Waals surface area (Å²) in [5.74, 6) is 0.264. The van der Waals surface area contributed by atoms with Crippen molar-refractivity contribution in [3.05, 3.63) is 82.7 Å². The smallest absolute Gasteiger partial charge is 0.163 e. The van der Waals surface area contributed by atoms with Crippen LogP contribution in [0.15, 0.2) is 71.0 Å². The maximum Gasteiger partial charge on any atom is 0.163 e. The van der Waals surface area contributed by atoms with Crippen molar-refractivity contribution in [1.82, 2.24) is 4.90 Å². The molecule has 0 fully saturated rings. The summed E-state index contributed by atoms with van der Waals surface area (Å²) in [7, 11) is 0. The van der Waals surface area contributed by atoms with Crippen LogP contribution in [-0.4, -0.2) is 46.0 Å². The number of rotatable bonds is 19. The fourth-order valence-corrected chi connectivity index (χ4v) is 5.96. The zero-order chi connectivity index (χ0) is 31.5. The van der Waals surface area contributed by atoms with E-state index in [0.29, 0.717) is 31.6 Å². The number of aliphatic hydroxyl groups excluding tert-OH is 1. The Balaban J connectivity index is 1.32. The molecule has 6 N–H and O–H groups in total. The number of nitrogens with two attached hydrogens (primary N) is 2. The molecule has 2 atom stereocenters. The number of unbranched alkanes of at least 4 members (excludes halogenated alkanes) is 4. The molecular weight excluding hydrogens is 552 g/mol. The van der Waals surface area contributed by atoms with E-state index in [1.165, 1.54) is 0 Å². The predicted molar refractivity (Wildman–Crippen MR) is 176 cm³/mol. The number of carbonyl (C=O) groups excluding carboxylic acids is 1. The van der Waals surface area contributed by atoms with Gasteiger partial charge in [0, 0.05) is 30.3 Å². The molecule has 8 nitrogen and oxygen atoms in total. The second-order valence-electron chi connectivity index (χ2n) is 12.2. The summed E-state index contributed by atoms with van der Waals surface area (Å²) in [5.41, 5.74) is 17.9. The van der Waals surface area contributed by atoms with Crippen molar-refractivity contribution >= 4 is 11.5 Å². The molecule has 8 heteroatoms. The van der Waals surface area contributed by atoms with Crippen molar-refractivity contribution in [2.45, 2.75) is 96.7 Å². The molecular formula is C36H50N4O4. The minimum absolute atomic E-state index is 0.0619. The third kappa shape index (κ3) is 9.27. The van der Waals surface area contributed by atoms with E-state index in [1.54, 1.807) is 6.07 Å². The number of carbonyl (C=O) groups is 1. The van der Waals surface area contributed by atoms with Crippen LogP contribution in [-0.2, 0) is 17.6 Å². The number of ketones is 1. The number of Topliss-reactive ketones (excluding diaryl/α,β-unsaturated/α-hetero) is 1. The quantitative estimate of drug-likeness (QED) is 0.113. The molecule has 4 rings (SSSR count). The molecule has 2 heterocycles. The highest BCUT2D eigenvalue weighted by Gasteiger charge is 2.27. The lowest BCUT2D eigenvalue weighted by Gasteiger charge is -2.22. The first-order valence-corrected chi connectivity index (χ1v) is 16.3. The maximum atomic E-state index is 13.2. The number of phenolic OH excluding ortho intramolecular Hbond substituents is 1. The van der Waals surface area contributed by atoms with Gasteiger partial charge >= 0.3 is 0 Å². The summed E-state index contributed by atoms with van der Waals surface area (Å²) in [4.78, 5) is 19.9. The Morgan fingerprint density at radius 1 is 1.02 bits per heavy atom. The van der Waals surface area contributed by atoms with Gasteiger partial charge in [-0.1, -0.05) is 82.7 Å².